The molecule has 0 spiro atoms. The molecule has 1 fully saturated rings. The number of rotatable bonds is 6. The number of nitrogens with one attached hydrogen (secondary N) is 1. The molecule has 2 unspecified atom stereocenters. The third-order valence-corrected chi connectivity index (χ3v) is 3.33. The van der Waals surface area contributed by atoms with Crippen LogP contribution in [0.2, 0.25) is 0 Å². The van der Waals surface area contributed by atoms with Gasteiger partial charge in [-0.2, -0.15) is 0 Å². The summed E-state index contributed by atoms with van der Waals surface area (Å²) >= 11 is 0. The summed E-state index contributed by atoms with van der Waals surface area (Å²) in [4.78, 5) is 2.51. The first-order valence-corrected chi connectivity index (χ1v) is 6.29. The van der Waals surface area contributed by atoms with Gasteiger partial charge in [0.2, 0.25) is 0 Å². The summed E-state index contributed by atoms with van der Waals surface area (Å²) in [7, 11) is 0. The van der Waals surface area contributed by atoms with Crippen molar-refractivity contribution < 1.29 is 5.11 Å². The Labute approximate surface area is 93.9 Å². The van der Waals surface area contributed by atoms with Crippen molar-refractivity contribution in [3.63, 3.8) is 0 Å². The topological polar surface area (TPSA) is 35.5 Å². The largest absolute Gasteiger partial charge is 0.393 e. The molecule has 3 heteroatoms. The molecule has 0 radical (unpaired) electrons. The second-order valence-electron chi connectivity index (χ2n) is 4.88. The van der Waals surface area contributed by atoms with Gasteiger partial charge in [-0.05, 0) is 46.2 Å². The fraction of sp³-hybridized carbons (Fsp3) is 1.00. The summed E-state index contributed by atoms with van der Waals surface area (Å²) in [6.07, 6.45) is 2.87. The molecule has 15 heavy (non-hydrogen) atoms. The van der Waals surface area contributed by atoms with Gasteiger partial charge in [-0.15, -0.1) is 0 Å². The fourth-order valence-electron chi connectivity index (χ4n) is 2.08. The van der Waals surface area contributed by atoms with Gasteiger partial charge in [0.05, 0.1) is 6.10 Å². The normalized spacial score (nSPS) is 25.0. The molecule has 90 valence electrons. The van der Waals surface area contributed by atoms with Crippen LogP contribution in [-0.4, -0.2) is 47.8 Å². The molecule has 1 heterocycles. The van der Waals surface area contributed by atoms with Crippen molar-refractivity contribution in [3.05, 3.63) is 0 Å². The van der Waals surface area contributed by atoms with Gasteiger partial charge in [-0.1, -0.05) is 6.92 Å². The highest BCUT2D eigenvalue weighted by Crippen LogP contribution is 2.12. The van der Waals surface area contributed by atoms with Crippen LogP contribution in [0.25, 0.3) is 0 Å². The second kappa shape index (κ2) is 6.46. The molecule has 0 aromatic rings. The monoisotopic (exact) mass is 214 g/mol. The lowest BCUT2D eigenvalue weighted by molar-refractivity contribution is 0.158. The molecule has 2 N–H and O–H groups in total. The Kier molecular flexibility index (Phi) is 5.58. The van der Waals surface area contributed by atoms with Gasteiger partial charge in [0.1, 0.15) is 0 Å². The third kappa shape index (κ3) is 4.49. The molecule has 1 aliphatic heterocycles. The zero-order valence-corrected chi connectivity index (χ0v) is 10.4. The molecule has 0 bridgehead atoms. The molecular formula is C12H26N2O. The lowest BCUT2D eigenvalue weighted by Crippen LogP contribution is -2.36. The average molecular weight is 214 g/mol. The zero-order valence-electron chi connectivity index (χ0n) is 10.4. The molecule has 0 aliphatic carbocycles. The zero-order chi connectivity index (χ0) is 11.3. The van der Waals surface area contributed by atoms with Crippen LogP contribution in [0.3, 0.4) is 0 Å². The van der Waals surface area contributed by atoms with E-state index in [0.717, 1.165) is 19.4 Å². The van der Waals surface area contributed by atoms with Crippen molar-refractivity contribution in [2.75, 3.05) is 19.6 Å². The number of aliphatic hydroxyl groups is 1. The Morgan fingerprint density at radius 3 is 2.73 bits per heavy atom. The maximum Gasteiger partial charge on any atom is 0.0549 e. The van der Waals surface area contributed by atoms with Crippen LogP contribution >= 0.6 is 0 Å². The van der Waals surface area contributed by atoms with Crippen molar-refractivity contribution in [2.45, 2.75) is 58.2 Å². The Hall–Kier alpha value is -0.120. The summed E-state index contributed by atoms with van der Waals surface area (Å²) < 4.78 is 0. The summed E-state index contributed by atoms with van der Waals surface area (Å²) in [6, 6.07) is 1.30. The van der Waals surface area contributed by atoms with Crippen molar-refractivity contribution in [1.29, 1.82) is 0 Å². The minimum atomic E-state index is -0.125. The standard InChI is InChI=1S/C12H26N2O/c1-4-12(15)5-7-13-11-6-8-14(9-11)10(2)3/h10-13,15H,4-9H2,1-3H3. The van der Waals surface area contributed by atoms with Crippen molar-refractivity contribution >= 4 is 0 Å². The molecule has 0 amide bonds. The van der Waals surface area contributed by atoms with E-state index in [2.05, 4.69) is 24.1 Å². The third-order valence-electron chi connectivity index (χ3n) is 3.33. The van der Waals surface area contributed by atoms with Gasteiger partial charge in [0.25, 0.3) is 0 Å². The van der Waals surface area contributed by atoms with Crippen LogP contribution in [0, 0.1) is 0 Å². The van der Waals surface area contributed by atoms with E-state index in [4.69, 9.17) is 0 Å². The molecule has 2 atom stereocenters. The number of hydrogen-bond donors (Lipinski definition) is 2. The van der Waals surface area contributed by atoms with Gasteiger partial charge < -0.3 is 10.4 Å². The van der Waals surface area contributed by atoms with Gasteiger partial charge in [-0.3, -0.25) is 4.90 Å². The number of likely N-dealkylation sites (tertiary alicyclic amines) is 1. The predicted octanol–water partition coefficient (Wildman–Crippen LogP) is 1.22. The molecule has 0 aromatic heterocycles. The number of hydrogen-bond acceptors (Lipinski definition) is 3. The van der Waals surface area contributed by atoms with Crippen molar-refractivity contribution in [1.82, 2.24) is 10.2 Å². The first-order valence-electron chi connectivity index (χ1n) is 6.29. The first-order chi connectivity index (χ1) is 7.13. The van der Waals surface area contributed by atoms with E-state index < -0.39 is 0 Å². The van der Waals surface area contributed by atoms with E-state index in [1.54, 1.807) is 0 Å². The molecule has 3 nitrogen and oxygen atoms in total. The molecule has 1 aliphatic rings. The van der Waals surface area contributed by atoms with Gasteiger partial charge in [0, 0.05) is 18.6 Å². The van der Waals surface area contributed by atoms with E-state index in [9.17, 15) is 5.11 Å². The van der Waals surface area contributed by atoms with Crippen LogP contribution in [0.1, 0.15) is 40.0 Å². The Balaban J connectivity index is 2.09. The van der Waals surface area contributed by atoms with Crippen molar-refractivity contribution in [2.24, 2.45) is 0 Å². The minimum Gasteiger partial charge on any atom is -0.393 e. The van der Waals surface area contributed by atoms with Crippen LogP contribution in [-0.2, 0) is 0 Å². The SMILES string of the molecule is CCC(O)CCNC1CCN(C(C)C)C1. The maximum absolute atomic E-state index is 9.42. The second-order valence-corrected chi connectivity index (χ2v) is 4.88. The smallest absolute Gasteiger partial charge is 0.0549 e. The Bertz CT molecular complexity index is 173. The summed E-state index contributed by atoms with van der Waals surface area (Å²) in [5, 5.41) is 13.0. The average Bonchev–Trinajstić information content (AvgIpc) is 2.66. The van der Waals surface area contributed by atoms with E-state index in [0.29, 0.717) is 12.1 Å². The van der Waals surface area contributed by atoms with Gasteiger partial charge in [-0.25, -0.2) is 0 Å². The van der Waals surface area contributed by atoms with E-state index >= 15 is 0 Å². The fourth-order valence-corrected chi connectivity index (χ4v) is 2.08. The van der Waals surface area contributed by atoms with E-state index in [1.807, 2.05) is 6.92 Å². The van der Waals surface area contributed by atoms with Crippen LogP contribution in [0.4, 0.5) is 0 Å². The molecule has 0 saturated carbocycles. The minimum absolute atomic E-state index is 0.125. The maximum atomic E-state index is 9.42. The van der Waals surface area contributed by atoms with Crippen LogP contribution in [0.15, 0.2) is 0 Å². The van der Waals surface area contributed by atoms with E-state index in [1.165, 1.54) is 19.5 Å². The van der Waals surface area contributed by atoms with Crippen molar-refractivity contribution in [3.8, 4) is 0 Å². The summed E-state index contributed by atoms with van der Waals surface area (Å²) in [5.74, 6) is 0. The quantitative estimate of drug-likeness (QED) is 0.698. The first kappa shape index (κ1) is 12.9. The molecule has 0 aromatic carbocycles. The molecule has 1 rings (SSSR count). The predicted molar refractivity (Wildman–Crippen MR) is 64.0 cm³/mol. The summed E-state index contributed by atoms with van der Waals surface area (Å²) in [5.41, 5.74) is 0. The highest BCUT2D eigenvalue weighted by Gasteiger charge is 2.23. The Morgan fingerprint density at radius 1 is 1.47 bits per heavy atom. The van der Waals surface area contributed by atoms with E-state index in [-0.39, 0.29) is 6.10 Å². The summed E-state index contributed by atoms with van der Waals surface area (Å²) in [6.45, 7) is 9.87. The molecule has 1 saturated heterocycles. The van der Waals surface area contributed by atoms with Crippen LogP contribution in [0.5, 0.6) is 0 Å². The Morgan fingerprint density at radius 2 is 2.20 bits per heavy atom. The lowest BCUT2D eigenvalue weighted by Gasteiger charge is -2.20. The number of nitrogens with zero attached hydrogens (tertiary/aromatic N) is 1. The highest BCUT2D eigenvalue weighted by atomic mass is 16.3. The number of aliphatic hydroxyl groups excluding tert-OH is 1. The highest BCUT2D eigenvalue weighted by molar-refractivity contribution is 4.82. The molecular weight excluding hydrogens is 188 g/mol. The van der Waals surface area contributed by atoms with Crippen LogP contribution < -0.4 is 5.32 Å². The lowest BCUT2D eigenvalue weighted by atomic mass is 10.2. The van der Waals surface area contributed by atoms with Gasteiger partial charge >= 0.3 is 0 Å². The van der Waals surface area contributed by atoms with Gasteiger partial charge in [0.15, 0.2) is 0 Å².